The minimum absolute atomic E-state index is 0.0305. The molecule has 0 radical (unpaired) electrons. The summed E-state index contributed by atoms with van der Waals surface area (Å²) in [6.07, 6.45) is 3.13. The van der Waals surface area contributed by atoms with Crippen LogP contribution in [0.15, 0.2) is 48.5 Å². The fraction of sp³-hybridized carbons (Fsp3) is 0.381. The van der Waals surface area contributed by atoms with Gasteiger partial charge in [-0.15, -0.1) is 0 Å². The topological polar surface area (TPSA) is 50.4 Å². The van der Waals surface area contributed by atoms with Crippen molar-refractivity contribution in [2.45, 2.75) is 37.3 Å². The van der Waals surface area contributed by atoms with E-state index in [1.54, 1.807) is 0 Å². The van der Waals surface area contributed by atoms with Gasteiger partial charge in [0.25, 0.3) is 0 Å². The van der Waals surface area contributed by atoms with Crippen LogP contribution in [0.3, 0.4) is 0 Å². The van der Waals surface area contributed by atoms with Gasteiger partial charge in [0.15, 0.2) is 0 Å². The molecular formula is C21H22N2O2. The first kappa shape index (κ1) is 14.8. The number of carbonyl (C=O) groups excluding carboxylic acids is 1. The lowest BCUT2D eigenvalue weighted by Crippen LogP contribution is -2.48. The van der Waals surface area contributed by atoms with E-state index in [4.69, 9.17) is 4.74 Å². The Morgan fingerprint density at radius 3 is 2.72 bits per heavy atom. The predicted octanol–water partition coefficient (Wildman–Crippen LogP) is 3.02. The van der Waals surface area contributed by atoms with Crippen LogP contribution in [0.5, 0.6) is 5.75 Å². The summed E-state index contributed by atoms with van der Waals surface area (Å²) >= 11 is 0. The van der Waals surface area contributed by atoms with Crippen molar-refractivity contribution in [1.82, 2.24) is 10.6 Å². The average Bonchev–Trinajstić information content (AvgIpc) is 3.35. The van der Waals surface area contributed by atoms with Gasteiger partial charge in [-0.05, 0) is 47.9 Å². The van der Waals surface area contributed by atoms with E-state index in [2.05, 4.69) is 41.0 Å². The summed E-state index contributed by atoms with van der Waals surface area (Å²) in [6, 6.07) is 16.9. The molecule has 4 heteroatoms. The maximum absolute atomic E-state index is 12.5. The molecule has 2 aliphatic carbocycles. The van der Waals surface area contributed by atoms with Gasteiger partial charge < -0.3 is 15.4 Å². The van der Waals surface area contributed by atoms with E-state index in [9.17, 15) is 4.79 Å². The van der Waals surface area contributed by atoms with Crippen LogP contribution < -0.4 is 15.4 Å². The third-order valence-electron chi connectivity index (χ3n) is 5.84. The Balaban J connectivity index is 1.20. The first-order valence-electron chi connectivity index (χ1n) is 9.15. The number of hydrogen-bond acceptors (Lipinski definition) is 2. The molecule has 4 nitrogen and oxygen atoms in total. The van der Waals surface area contributed by atoms with Crippen molar-refractivity contribution in [3.8, 4) is 5.75 Å². The third kappa shape index (κ3) is 2.66. The highest BCUT2D eigenvalue weighted by atomic mass is 16.5. The Bertz CT molecular complexity index is 819. The zero-order valence-corrected chi connectivity index (χ0v) is 14.1. The van der Waals surface area contributed by atoms with Crippen LogP contribution in [0.4, 0.5) is 4.79 Å². The lowest BCUT2D eigenvalue weighted by molar-refractivity contribution is 0.214. The number of carbonyl (C=O) groups is 1. The Labute approximate surface area is 147 Å². The molecule has 4 atom stereocenters. The number of fused-ring (bicyclic) bond motifs is 4. The number of benzene rings is 2. The number of amides is 2. The fourth-order valence-electron chi connectivity index (χ4n) is 4.56. The summed E-state index contributed by atoms with van der Waals surface area (Å²) in [4.78, 5) is 12.5. The van der Waals surface area contributed by atoms with Crippen molar-refractivity contribution >= 4 is 6.03 Å². The van der Waals surface area contributed by atoms with Crippen molar-refractivity contribution in [2.75, 3.05) is 6.61 Å². The molecule has 2 amide bonds. The van der Waals surface area contributed by atoms with Crippen LogP contribution in [0.2, 0.25) is 0 Å². The van der Waals surface area contributed by atoms with Crippen molar-refractivity contribution in [1.29, 1.82) is 0 Å². The molecule has 0 spiro atoms. The summed E-state index contributed by atoms with van der Waals surface area (Å²) in [6.45, 7) is 0.533. The van der Waals surface area contributed by atoms with E-state index in [0.29, 0.717) is 18.4 Å². The number of rotatable bonds is 2. The lowest BCUT2D eigenvalue weighted by Gasteiger charge is -2.26. The van der Waals surface area contributed by atoms with Gasteiger partial charge >= 0.3 is 6.03 Å². The van der Waals surface area contributed by atoms with E-state index in [0.717, 1.165) is 24.2 Å². The smallest absolute Gasteiger partial charge is 0.315 e. The van der Waals surface area contributed by atoms with Crippen LogP contribution in [-0.4, -0.2) is 24.7 Å². The van der Waals surface area contributed by atoms with Crippen LogP contribution >= 0.6 is 0 Å². The van der Waals surface area contributed by atoms with Gasteiger partial charge in [0, 0.05) is 12.0 Å². The molecule has 1 fully saturated rings. The molecular weight excluding hydrogens is 312 g/mol. The van der Waals surface area contributed by atoms with E-state index >= 15 is 0 Å². The lowest BCUT2D eigenvalue weighted by atomic mass is 9.92. The van der Waals surface area contributed by atoms with Gasteiger partial charge in [-0.2, -0.15) is 0 Å². The second-order valence-corrected chi connectivity index (χ2v) is 7.39. The van der Waals surface area contributed by atoms with Crippen molar-refractivity contribution in [3.05, 3.63) is 65.2 Å². The largest absolute Gasteiger partial charge is 0.491 e. The molecule has 0 saturated heterocycles. The molecule has 1 heterocycles. The van der Waals surface area contributed by atoms with Crippen molar-refractivity contribution in [2.24, 2.45) is 5.92 Å². The Kier molecular flexibility index (Phi) is 3.44. The van der Waals surface area contributed by atoms with E-state index in [1.165, 1.54) is 17.5 Å². The van der Waals surface area contributed by atoms with Crippen LogP contribution in [0.25, 0.3) is 0 Å². The number of aryl methyl sites for hydroxylation is 1. The fourth-order valence-corrected chi connectivity index (χ4v) is 4.56. The van der Waals surface area contributed by atoms with Crippen LogP contribution in [-0.2, 0) is 12.8 Å². The zero-order chi connectivity index (χ0) is 16.8. The van der Waals surface area contributed by atoms with Gasteiger partial charge in [0.05, 0.1) is 6.04 Å². The Morgan fingerprint density at radius 2 is 1.80 bits per heavy atom. The standard InChI is InChI=1S/C21H22N2O2/c24-21(22-15-11-14-6-2-4-8-18(14)25-12-15)23-20-17-10-9-13-5-1-3-7-16(13)19(17)20/h1-8,15,17,19-20H,9-12H2,(H2,22,23,24). The summed E-state index contributed by atoms with van der Waals surface area (Å²) in [7, 11) is 0. The minimum Gasteiger partial charge on any atom is -0.491 e. The quantitative estimate of drug-likeness (QED) is 0.887. The third-order valence-corrected chi connectivity index (χ3v) is 5.84. The SMILES string of the molecule is O=C(NC1COc2ccccc2C1)NC1C2CCc3ccccc3C21. The highest BCUT2D eigenvalue weighted by Crippen LogP contribution is 2.54. The summed E-state index contributed by atoms with van der Waals surface area (Å²) < 4.78 is 5.76. The maximum atomic E-state index is 12.5. The first-order valence-corrected chi connectivity index (χ1v) is 9.15. The van der Waals surface area contributed by atoms with Gasteiger partial charge in [-0.1, -0.05) is 42.5 Å². The number of para-hydroxylation sites is 1. The number of hydrogen-bond donors (Lipinski definition) is 2. The Hall–Kier alpha value is -2.49. The van der Waals surface area contributed by atoms with Gasteiger partial charge in [-0.25, -0.2) is 4.79 Å². The number of urea groups is 1. The molecule has 1 aliphatic heterocycles. The highest BCUT2D eigenvalue weighted by Gasteiger charge is 2.53. The summed E-state index contributed by atoms with van der Waals surface area (Å²) in [5, 5.41) is 6.29. The minimum atomic E-state index is -0.0649. The maximum Gasteiger partial charge on any atom is 0.315 e. The molecule has 0 aromatic heterocycles. The molecule has 4 unspecified atom stereocenters. The zero-order valence-electron chi connectivity index (χ0n) is 14.1. The van der Waals surface area contributed by atoms with Gasteiger partial charge in [0.2, 0.25) is 0 Å². The van der Waals surface area contributed by atoms with Crippen LogP contribution in [0.1, 0.15) is 29.0 Å². The van der Waals surface area contributed by atoms with Crippen molar-refractivity contribution < 1.29 is 9.53 Å². The van der Waals surface area contributed by atoms with Gasteiger partial charge in [0.1, 0.15) is 12.4 Å². The molecule has 3 aliphatic rings. The normalized spacial score (nSPS) is 28.6. The number of ether oxygens (including phenoxy) is 1. The van der Waals surface area contributed by atoms with Crippen molar-refractivity contribution in [3.63, 3.8) is 0 Å². The molecule has 2 aromatic rings. The molecule has 2 aromatic carbocycles. The first-order chi connectivity index (χ1) is 12.3. The predicted molar refractivity (Wildman–Crippen MR) is 95.9 cm³/mol. The Morgan fingerprint density at radius 1 is 1.00 bits per heavy atom. The molecule has 0 bridgehead atoms. The molecule has 5 rings (SSSR count). The summed E-state index contributed by atoms with van der Waals surface area (Å²) in [5.41, 5.74) is 4.04. The molecule has 128 valence electrons. The molecule has 2 N–H and O–H groups in total. The molecule has 1 saturated carbocycles. The number of nitrogens with one attached hydrogen (secondary N) is 2. The summed E-state index contributed by atoms with van der Waals surface area (Å²) in [5.74, 6) is 2.04. The van der Waals surface area contributed by atoms with E-state index in [-0.39, 0.29) is 18.1 Å². The van der Waals surface area contributed by atoms with E-state index < -0.39 is 0 Å². The second kappa shape index (κ2) is 5.80. The highest BCUT2D eigenvalue weighted by molar-refractivity contribution is 5.75. The van der Waals surface area contributed by atoms with E-state index in [1.807, 2.05) is 18.2 Å². The molecule has 25 heavy (non-hydrogen) atoms. The van der Waals surface area contributed by atoms with Gasteiger partial charge in [-0.3, -0.25) is 0 Å². The monoisotopic (exact) mass is 334 g/mol. The second-order valence-electron chi connectivity index (χ2n) is 7.39. The van der Waals surface area contributed by atoms with Crippen LogP contribution in [0, 0.1) is 5.92 Å². The average molecular weight is 334 g/mol.